The van der Waals surface area contributed by atoms with Crippen molar-refractivity contribution in [1.29, 1.82) is 0 Å². The van der Waals surface area contributed by atoms with Crippen LogP contribution in [0.25, 0.3) is 0 Å². The Morgan fingerprint density at radius 1 is 1.27 bits per heavy atom. The van der Waals surface area contributed by atoms with Crippen molar-refractivity contribution >= 4 is 29.1 Å². The number of rotatable bonds is 6. The first-order chi connectivity index (χ1) is 12.5. The third-order valence-corrected chi connectivity index (χ3v) is 4.33. The van der Waals surface area contributed by atoms with Crippen LogP contribution in [-0.4, -0.2) is 31.5 Å². The monoisotopic (exact) mass is 376 g/mol. The molecule has 7 heteroatoms. The summed E-state index contributed by atoms with van der Waals surface area (Å²) < 4.78 is 18.2. The van der Waals surface area contributed by atoms with Crippen LogP contribution in [0.4, 0.5) is 10.1 Å². The topological polar surface area (TPSA) is 58.6 Å². The molecule has 5 nitrogen and oxygen atoms in total. The number of carbonyl (C=O) groups excluding carboxylic acids is 2. The standard InChI is InChI=1S/C19H18ClFN2O3/c20-14-2-1-3-16(11-14)23-12-13(10-18(23)24)19(25)22-8-9-26-17-6-4-15(21)5-7-17/h1-7,11,13H,8-10,12H2,(H,22,25). The van der Waals surface area contributed by atoms with Crippen LogP contribution in [0, 0.1) is 11.7 Å². The molecule has 1 N–H and O–H groups in total. The summed E-state index contributed by atoms with van der Waals surface area (Å²) in [6.45, 7) is 0.887. The van der Waals surface area contributed by atoms with Gasteiger partial charge in [0.15, 0.2) is 0 Å². The van der Waals surface area contributed by atoms with Gasteiger partial charge in [-0.25, -0.2) is 4.39 Å². The summed E-state index contributed by atoms with van der Waals surface area (Å²) >= 11 is 5.96. The van der Waals surface area contributed by atoms with E-state index in [1.165, 1.54) is 24.3 Å². The summed E-state index contributed by atoms with van der Waals surface area (Å²) in [6.07, 6.45) is 0.164. The smallest absolute Gasteiger partial charge is 0.227 e. The van der Waals surface area contributed by atoms with Crippen molar-refractivity contribution in [2.45, 2.75) is 6.42 Å². The van der Waals surface area contributed by atoms with Gasteiger partial charge in [0.1, 0.15) is 18.2 Å². The van der Waals surface area contributed by atoms with Crippen LogP contribution in [0.15, 0.2) is 48.5 Å². The predicted octanol–water partition coefficient (Wildman–Crippen LogP) is 3.03. The lowest BCUT2D eigenvalue weighted by atomic mass is 10.1. The van der Waals surface area contributed by atoms with E-state index in [9.17, 15) is 14.0 Å². The van der Waals surface area contributed by atoms with Gasteiger partial charge in [0.2, 0.25) is 11.8 Å². The van der Waals surface area contributed by atoms with Gasteiger partial charge in [0.25, 0.3) is 0 Å². The summed E-state index contributed by atoms with van der Waals surface area (Å²) in [6, 6.07) is 12.7. The van der Waals surface area contributed by atoms with Gasteiger partial charge in [-0.3, -0.25) is 9.59 Å². The van der Waals surface area contributed by atoms with Crippen LogP contribution < -0.4 is 15.0 Å². The van der Waals surface area contributed by atoms with Crippen molar-refractivity contribution in [3.63, 3.8) is 0 Å². The molecule has 2 aromatic carbocycles. The number of amides is 2. The van der Waals surface area contributed by atoms with Crippen LogP contribution in [0.2, 0.25) is 5.02 Å². The Hall–Kier alpha value is -2.60. The maximum absolute atomic E-state index is 12.8. The molecule has 1 aliphatic rings. The minimum Gasteiger partial charge on any atom is -0.492 e. The summed E-state index contributed by atoms with van der Waals surface area (Å²) in [5, 5.41) is 3.31. The average Bonchev–Trinajstić information content (AvgIpc) is 3.02. The quantitative estimate of drug-likeness (QED) is 0.788. The maximum Gasteiger partial charge on any atom is 0.227 e. The fraction of sp³-hybridized carbons (Fsp3) is 0.263. The van der Waals surface area contributed by atoms with Gasteiger partial charge < -0.3 is 15.0 Å². The van der Waals surface area contributed by atoms with E-state index in [0.29, 0.717) is 29.5 Å². The van der Waals surface area contributed by atoms with Gasteiger partial charge >= 0.3 is 0 Å². The number of hydrogen-bond acceptors (Lipinski definition) is 3. The molecule has 0 bridgehead atoms. The fourth-order valence-electron chi connectivity index (χ4n) is 2.80. The first-order valence-electron chi connectivity index (χ1n) is 8.25. The molecule has 26 heavy (non-hydrogen) atoms. The van der Waals surface area contributed by atoms with Gasteiger partial charge in [-0.15, -0.1) is 0 Å². The number of halogens is 2. The van der Waals surface area contributed by atoms with Crippen LogP contribution in [0.5, 0.6) is 5.75 Å². The van der Waals surface area contributed by atoms with E-state index in [-0.39, 0.29) is 30.7 Å². The predicted molar refractivity (Wildman–Crippen MR) is 96.8 cm³/mol. The highest BCUT2D eigenvalue weighted by atomic mass is 35.5. The molecule has 1 heterocycles. The number of carbonyl (C=O) groups is 2. The second-order valence-corrected chi connectivity index (χ2v) is 6.42. The number of nitrogens with zero attached hydrogens (tertiary/aromatic N) is 1. The van der Waals surface area contributed by atoms with E-state index in [4.69, 9.17) is 16.3 Å². The highest BCUT2D eigenvalue weighted by Crippen LogP contribution is 2.27. The Labute approximate surface area is 155 Å². The molecule has 0 aromatic heterocycles. The molecular weight excluding hydrogens is 359 g/mol. The van der Waals surface area contributed by atoms with E-state index in [1.54, 1.807) is 29.2 Å². The van der Waals surface area contributed by atoms with Crippen LogP contribution >= 0.6 is 11.6 Å². The van der Waals surface area contributed by atoms with Gasteiger partial charge in [0.05, 0.1) is 12.5 Å². The van der Waals surface area contributed by atoms with Crippen molar-refractivity contribution in [1.82, 2.24) is 5.32 Å². The third kappa shape index (κ3) is 4.52. The normalized spacial score (nSPS) is 16.6. The molecule has 1 saturated heterocycles. The second-order valence-electron chi connectivity index (χ2n) is 5.98. The third-order valence-electron chi connectivity index (χ3n) is 4.10. The number of ether oxygens (including phenoxy) is 1. The molecule has 0 aliphatic carbocycles. The van der Waals surface area contributed by atoms with Gasteiger partial charge in [0, 0.05) is 23.7 Å². The number of benzene rings is 2. The molecule has 136 valence electrons. The summed E-state index contributed by atoms with van der Waals surface area (Å²) in [5.74, 6) is -0.502. The zero-order valence-electron chi connectivity index (χ0n) is 14.0. The minimum atomic E-state index is -0.410. The average molecular weight is 377 g/mol. The van der Waals surface area contributed by atoms with Gasteiger partial charge in [-0.1, -0.05) is 17.7 Å². The van der Waals surface area contributed by atoms with E-state index in [0.717, 1.165) is 0 Å². The fourth-order valence-corrected chi connectivity index (χ4v) is 2.98. The Morgan fingerprint density at radius 3 is 2.77 bits per heavy atom. The molecule has 0 spiro atoms. The molecule has 2 amide bonds. The van der Waals surface area contributed by atoms with E-state index >= 15 is 0 Å². The summed E-state index contributed by atoms with van der Waals surface area (Å²) in [7, 11) is 0. The Kier molecular flexibility index (Phi) is 5.73. The Balaban J connectivity index is 1.46. The highest BCUT2D eigenvalue weighted by molar-refractivity contribution is 6.30. The minimum absolute atomic E-state index is 0.102. The molecule has 0 radical (unpaired) electrons. The lowest BCUT2D eigenvalue weighted by Gasteiger charge is -2.17. The summed E-state index contributed by atoms with van der Waals surface area (Å²) in [4.78, 5) is 26.0. The largest absolute Gasteiger partial charge is 0.492 e. The van der Waals surface area contributed by atoms with Crippen molar-refractivity contribution < 1.29 is 18.7 Å². The summed E-state index contributed by atoms with van der Waals surface area (Å²) in [5.41, 5.74) is 0.692. The molecule has 1 atom stereocenters. The molecule has 2 aromatic rings. The van der Waals surface area contributed by atoms with Gasteiger partial charge in [-0.05, 0) is 42.5 Å². The van der Waals surface area contributed by atoms with Gasteiger partial charge in [-0.2, -0.15) is 0 Å². The van der Waals surface area contributed by atoms with Crippen LogP contribution in [-0.2, 0) is 9.59 Å². The Bertz CT molecular complexity index is 798. The molecule has 1 unspecified atom stereocenters. The van der Waals surface area contributed by atoms with Crippen LogP contribution in [0.3, 0.4) is 0 Å². The lowest BCUT2D eigenvalue weighted by Crippen LogP contribution is -2.35. The Morgan fingerprint density at radius 2 is 2.04 bits per heavy atom. The van der Waals surface area contributed by atoms with Crippen molar-refractivity contribution in [2.75, 3.05) is 24.6 Å². The van der Waals surface area contributed by atoms with E-state index in [2.05, 4.69) is 5.32 Å². The number of nitrogens with one attached hydrogen (secondary N) is 1. The van der Waals surface area contributed by atoms with Crippen molar-refractivity contribution in [3.8, 4) is 5.75 Å². The molecule has 3 rings (SSSR count). The zero-order valence-corrected chi connectivity index (χ0v) is 14.7. The molecule has 1 fully saturated rings. The second kappa shape index (κ2) is 8.19. The van der Waals surface area contributed by atoms with E-state index < -0.39 is 5.92 Å². The number of anilines is 1. The number of hydrogen-bond donors (Lipinski definition) is 1. The van der Waals surface area contributed by atoms with Crippen LogP contribution in [0.1, 0.15) is 6.42 Å². The first kappa shape index (κ1) is 18.2. The molecule has 0 saturated carbocycles. The van der Waals surface area contributed by atoms with Crippen molar-refractivity contribution in [2.24, 2.45) is 5.92 Å². The highest BCUT2D eigenvalue weighted by Gasteiger charge is 2.34. The first-order valence-corrected chi connectivity index (χ1v) is 8.63. The molecule has 1 aliphatic heterocycles. The maximum atomic E-state index is 12.8. The van der Waals surface area contributed by atoms with E-state index in [1.807, 2.05) is 0 Å². The SMILES string of the molecule is O=C(NCCOc1ccc(F)cc1)C1CC(=O)N(c2cccc(Cl)c2)C1. The van der Waals surface area contributed by atoms with Crippen molar-refractivity contribution in [3.05, 3.63) is 59.4 Å². The molecular formula is C19H18ClFN2O3. The lowest BCUT2D eigenvalue weighted by molar-refractivity contribution is -0.126. The zero-order chi connectivity index (χ0) is 18.5.